The third-order valence-electron chi connectivity index (χ3n) is 2.09. The number of benzene rings is 1. The van der Waals surface area contributed by atoms with Gasteiger partial charge in [-0.25, -0.2) is 12.8 Å². The van der Waals surface area contributed by atoms with Crippen LogP contribution in [-0.2, 0) is 14.6 Å². The molecule has 0 aliphatic carbocycles. The highest BCUT2D eigenvalue weighted by Crippen LogP contribution is 2.17. The highest BCUT2D eigenvalue weighted by Gasteiger charge is 2.15. The van der Waals surface area contributed by atoms with E-state index in [4.69, 9.17) is 10.5 Å². The van der Waals surface area contributed by atoms with Crippen molar-refractivity contribution in [2.24, 2.45) is 0 Å². The number of hydrogen-bond donors (Lipinski definition) is 1. The number of hydrogen-bond acceptors (Lipinski definition) is 4. The Bertz CT molecular complexity index is 459. The van der Waals surface area contributed by atoms with Gasteiger partial charge in [-0.1, -0.05) is 0 Å². The van der Waals surface area contributed by atoms with E-state index in [2.05, 4.69) is 0 Å². The Morgan fingerprint density at radius 3 is 2.69 bits per heavy atom. The van der Waals surface area contributed by atoms with Crippen molar-refractivity contribution in [2.45, 2.75) is 11.3 Å². The maximum atomic E-state index is 13.1. The molecule has 0 fully saturated rings. The van der Waals surface area contributed by atoms with Crippen LogP contribution in [0.4, 0.5) is 10.1 Å². The number of ether oxygens (including phenoxy) is 1. The van der Waals surface area contributed by atoms with Crippen molar-refractivity contribution in [3.63, 3.8) is 0 Å². The van der Waals surface area contributed by atoms with Crippen LogP contribution in [0.5, 0.6) is 0 Å². The van der Waals surface area contributed by atoms with Gasteiger partial charge in [0.05, 0.1) is 16.3 Å². The van der Waals surface area contributed by atoms with E-state index in [0.29, 0.717) is 13.0 Å². The summed E-state index contributed by atoms with van der Waals surface area (Å²) in [6.07, 6.45) is 0.380. The molecule has 0 saturated heterocycles. The van der Waals surface area contributed by atoms with Gasteiger partial charge in [-0.3, -0.25) is 0 Å². The van der Waals surface area contributed by atoms with Crippen molar-refractivity contribution in [1.82, 2.24) is 0 Å². The Balaban J connectivity index is 2.86. The summed E-state index contributed by atoms with van der Waals surface area (Å²) in [6.45, 7) is 0.358. The fraction of sp³-hybridized carbons (Fsp3) is 0.400. The summed E-state index contributed by atoms with van der Waals surface area (Å²) in [5.41, 5.74) is 5.20. The molecule has 0 spiro atoms. The second-order valence-electron chi connectivity index (χ2n) is 3.35. The lowest BCUT2D eigenvalue weighted by atomic mass is 10.3. The predicted molar refractivity (Wildman–Crippen MR) is 59.4 cm³/mol. The van der Waals surface area contributed by atoms with E-state index in [1.54, 1.807) is 0 Å². The summed E-state index contributed by atoms with van der Waals surface area (Å²) in [5, 5.41) is 0. The molecular weight excluding hydrogens is 233 g/mol. The van der Waals surface area contributed by atoms with Crippen molar-refractivity contribution < 1.29 is 17.5 Å². The van der Waals surface area contributed by atoms with E-state index in [-0.39, 0.29) is 16.3 Å². The fourth-order valence-corrected chi connectivity index (χ4v) is 2.50. The molecule has 0 saturated carbocycles. The van der Waals surface area contributed by atoms with Crippen LogP contribution in [0, 0.1) is 5.82 Å². The topological polar surface area (TPSA) is 69.4 Å². The molecule has 4 nitrogen and oxygen atoms in total. The molecule has 0 atom stereocenters. The van der Waals surface area contributed by atoms with E-state index < -0.39 is 15.7 Å². The van der Waals surface area contributed by atoms with Gasteiger partial charge < -0.3 is 10.5 Å². The largest absolute Gasteiger partial charge is 0.396 e. The highest BCUT2D eigenvalue weighted by atomic mass is 32.2. The minimum atomic E-state index is -3.45. The van der Waals surface area contributed by atoms with Gasteiger partial charge in [-0.05, 0) is 24.6 Å². The van der Waals surface area contributed by atoms with E-state index in [9.17, 15) is 12.8 Å². The number of sulfone groups is 1. The SMILES string of the molecule is COCCCS(=O)(=O)c1ccc(N)c(F)c1. The van der Waals surface area contributed by atoms with Crippen LogP contribution in [0.2, 0.25) is 0 Å². The van der Waals surface area contributed by atoms with E-state index >= 15 is 0 Å². The van der Waals surface area contributed by atoms with Gasteiger partial charge >= 0.3 is 0 Å². The second-order valence-corrected chi connectivity index (χ2v) is 5.46. The quantitative estimate of drug-likeness (QED) is 0.627. The van der Waals surface area contributed by atoms with E-state index in [1.165, 1.54) is 19.2 Å². The van der Waals surface area contributed by atoms with Crippen molar-refractivity contribution >= 4 is 15.5 Å². The summed E-state index contributed by atoms with van der Waals surface area (Å²) in [5.74, 6) is -0.780. The van der Waals surface area contributed by atoms with Crippen LogP contribution in [0.3, 0.4) is 0 Å². The monoisotopic (exact) mass is 247 g/mol. The van der Waals surface area contributed by atoms with Crippen molar-refractivity contribution in [1.29, 1.82) is 0 Å². The molecule has 0 amide bonds. The first-order chi connectivity index (χ1) is 7.47. The summed E-state index contributed by atoms with van der Waals surface area (Å²) in [6, 6.07) is 3.50. The van der Waals surface area contributed by atoms with Crippen LogP contribution >= 0.6 is 0 Å². The third-order valence-corrected chi connectivity index (χ3v) is 3.89. The molecule has 1 aromatic carbocycles. The molecule has 0 bridgehead atoms. The first kappa shape index (κ1) is 12.9. The standard InChI is InChI=1S/C10H14FNO3S/c1-15-5-2-6-16(13,14)8-3-4-10(12)9(11)7-8/h3-4,7H,2,5-6,12H2,1H3. The van der Waals surface area contributed by atoms with Gasteiger partial charge in [-0.2, -0.15) is 0 Å². The Hall–Kier alpha value is -1.14. The fourth-order valence-electron chi connectivity index (χ4n) is 1.21. The normalized spacial score (nSPS) is 11.6. The predicted octanol–water partition coefficient (Wildman–Crippen LogP) is 1.22. The third kappa shape index (κ3) is 3.18. The maximum absolute atomic E-state index is 13.1. The molecule has 0 aliphatic rings. The molecule has 16 heavy (non-hydrogen) atoms. The zero-order valence-electron chi connectivity index (χ0n) is 8.94. The number of methoxy groups -OCH3 is 1. The summed E-state index contributed by atoms with van der Waals surface area (Å²) in [7, 11) is -1.95. The van der Waals surface area contributed by atoms with Gasteiger partial charge in [-0.15, -0.1) is 0 Å². The Kier molecular flexibility index (Phi) is 4.26. The van der Waals surface area contributed by atoms with Crippen LogP contribution in [-0.4, -0.2) is 27.9 Å². The average molecular weight is 247 g/mol. The Morgan fingerprint density at radius 1 is 1.44 bits per heavy atom. The van der Waals surface area contributed by atoms with Gasteiger partial charge in [0, 0.05) is 13.7 Å². The zero-order valence-corrected chi connectivity index (χ0v) is 9.76. The minimum Gasteiger partial charge on any atom is -0.396 e. The van der Waals surface area contributed by atoms with Gasteiger partial charge in [0.2, 0.25) is 0 Å². The lowest BCUT2D eigenvalue weighted by Gasteiger charge is -2.05. The summed E-state index contributed by atoms with van der Waals surface area (Å²) in [4.78, 5) is -0.0460. The van der Waals surface area contributed by atoms with Gasteiger partial charge in [0.1, 0.15) is 5.82 Å². The number of nitrogen functional groups attached to an aromatic ring is 1. The van der Waals surface area contributed by atoms with E-state index in [0.717, 1.165) is 6.07 Å². The van der Waals surface area contributed by atoms with E-state index in [1.807, 2.05) is 0 Å². The minimum absolute atomic E-state index is 0.0460. The van der Waals surface area contributed by atoms with Gasteiger partial charge in [0.15, 0.2) is 9.84 Å². The van der Waals surface area contributed by atoms with Crippen LogP contribution < -0.4 is 5.73 Å². The first-order valence-electron chi connectivity index (χ1n) is 4.74. The maximum Gasteiger partial charge on any atom is 0.178 e. The Labute approximate surface area is 94.1 Å². The van der Waals surface area contributed by atoms with Crippen LogP contribution in [0.25, 0.3) is 0 Å². The summed E-state index contributed by atoms with van der Waals surface area (Å²) < 4.78 is 41.3. The second kappa shape index (κ2) is 5.27. The lowest BCUT2D eigenvalue weighted by molar-refractivity contribution is 0.199. The average Bonchev–Trinajstić information content (AvgIpc) is 2.22. The van der Waals surface area contributed by atoms with Crippen molar-refractivity contribution in [2.75, 3.05) is 25.2 Å². The van der Waals surface area contributed by atoms with Crippen molar-refractivity contribution in [3.05, 3.63) is 24.0 Å². The Morgan fingerprint density at radius 2 is 2.12 bits per heavy atom. The molecule has 2 N–H and O–H groups in total. The smallest absolute Gasteiger partial charge is 0.178 e. The molecule has 0 aromatic heterocycles. The number of anilines is 1. The number of rotatable bonds is 5. The van der Waals surface area contributed by atoms with Crippen molar-refractivity contribution in [3.8, 4) is 0 Å². The van der Waals surface area contributed by atoms with Gasteiger partial charge in [0.25, 0.3) is 0 Å². The zero-order chi connectivity index (χ0) is 12.2. The highest BCUT2D eigenvalue weighted by molar-refractivity contribution is 7.91. The first-order valence-corrected chi connectivity index (χ1v) is 6.39. The molecule has 1 aromatic rings. The molecule has 0 heterocycles. The number of halogens is 1. The van der Waals surface area contributed by atoms with Crippen LogP contribution in [0.1, 0.15) is 6.42 Å². The van der Waals surface area contributed by atoms with Crippen LogP contribution in [0.15, 0.2) is 23.1 Å². The summed E-state index contributed by atoms with van der Waals surface area (Å²) >= 11 is 0. The molecule has 0 aliphatic heterocycles. The molecule has 0 radical (unpaired) electrons. The molecular formula is C10H14FNO3S. The molecule has 0 unspecified atom stereocenters. The number of nitrogens with two attached hydrogens (primary N) is 1. The molecule has 1 rings (SSSR count). The lowest BCUT2D eigenvalue weighted by Crippen LogP contribution is -2.09. The molecule has 6 heteroatoms. The molecule has 90 valence electrons.